The van der Waals surface area contributed by atoms with Gasteiger partial charge in [-0.2, -0.15) is 0 Å². The summed E-state index contributed by atoms with van der Waals surface area (Å²) in [5.41, 5.74) is 0. The number of rotatable bonds is 50. The number of hydrogen-bond donors (Lipinski definition) is 1. The second-order valence-electron chi connectivity index (χ2n) is 19.5. The number of ether oxygens (including phenoxy) is 4. The molecule has 0 spiro atoms. The molecule has 0 aliphatic heterocycles. The molecule has 396 valence electrons. The van der Waals surface area contributed by atoms with E-state index in [1.807, 2.05) is 21.1 Å². The number of esters is 2. The first-order chi connectivity index (χ1) is 33.6. The van der Waals surface area contributed by atoms with Gasteiger partial charge in [0.1, 0.15) is 13.2 Å². The van der Waals surface area contributed by atoms with Crippen molar-refractivity contribution in [1.82, 2.24) is 0 Å². The molecule has 69 heavy (non-hydrogen) atoms. The fourth-order valence-corrected chi connectivity index (χ4v) is 7.40. The van der Waals surface area contributed by atoms with Crippen LogP contribution in [-0.2, 0) is 33.3 Å². The van der Waals surface area contributed by atoms with Crippen LogP contribution in [0.25, 0.3) is 0 Å². The molecule has 0 rings (SSSR count). The van der Waals surface area contributed by atoms with Crippen molar-refractivity contribution in [2.45, 2.75) is 232 Å². The van der Waals surface area contributed by atoms with E-state index in [2.05, 4.69) is 98.9 Å². The zero-order valence-electron chi connectivity index (χ0n) is 44.9. The van der Waals surface area contributed by atoms with Crippen LogP contribution in [0.2, 0.25) is 0 Å². The molecule has 0 radical (unpaired) electrons. The Bertz CT molecular complexity index is 1400. The second-order valence-corrected chi connectivity index (χ2v) is 19.5. The van der Waals surface area contributed by atoms with Crippen LogP contribution in [0.5, 0.6) is 0 Å². The average molecular weight is 967 g/mol. The summed E-state index contributed by atoms with van der Waals surface area (Å²) in [6, 6.07) is 0. The lowest BCUT2D eigenvalue weighted by Crippen LogP contribution is -2.40. The molecular formula is C60H104NO8+. The van der Waals surface area contributed by atoms with E-state index < -0.39 is 24.3 Å². The summed E-state index contributed by atoms with van der Waals surface area (Å²) in [6.07, 6.45) is 63.9. The van der Waals surface area contributed by atoms with Crippen molar-refractivity contribution in [3.63, 3.8) is 0 Å². The Morgan fingerprint density at radius 2 is 0.826 bits per heavy atom. The van der Waals surface area contributed by atoms with Crippen molar-refractivity contribution in [3.8, 4) is 0 Å². The quantitative estimate of drug-likeness (QED) is 0.0211. The first-order valence-corrected chi connectivity index (χ1v) is 27.8. The standard InChI is InChI=1S/C60H103NO8/c1-6-8-10-12-14-16-17-18-19-20-21-22-23-24-25-26-27-28-29-30-31-32-33-34-35-36-37-38-39-40-41-43-45-47-49-51-58(63)69-56(55-68-60(59(64)65)66-53-52-61(3,4)5)54-67-57(62)50-48-46-44-42-15-13-11-9-7-2/h8,10,14,16,18-19,21-22,24-25,27-28,30-31,56,60H,6-7,9,11-13,15,17,20,23,26,29,32-55H2,1-5H3/p+1/b10-8-,16-14-,19-18-,22-21-,25-24-,28-27-,31-30-. The van der Waals surface area contributed by atoms with Crippen LogP contribution in [0, 0.1) is 0 Å². The van der Waals surface area contributed by atoms with Gasteiger partial charge >= 0.3 is 17.9 Å². The number of nitrogens with zero attached hydrogens (tertiary/aromatic N) is 1. The summed E-state index contributed by atoms with van der Waals surface area (Å²) in [7, 11) is 5.96. The first-order valence-electron chi connectivity index (χ1n) is 27.8. The van der Waals surface area contributed by atoms with Crippen LogP contribution in [0.1, 0.15) is 219 Å². The molecule has 0 aromatic carbocycles. The molecule has 0 saturated carbocycles. The highest BCUT2D eigenvalue weighted by Gasteiger charge is 2.25. The van der Waals surface area contributed by atoms with E-state index >= 15 is 0 Å². The molecule has 9 nitrogen and oxygen atoms in total. The highest BCUT2D eigenvalue weighted by Crippen LogP contribution is 2.15. The van der Waals surface area contributed by atoms with Gasteiger partial charge in [-0.3, -0.25) is 9.59 Å². The zero-order valence-corrected chi connectivity index (χ0v) is 44.9. The molecule has 0 aromatic heterocycles. The number of quaternary nitrogens is 1. The van der Waals surface area contributed by atoms with Crippen LogP contribution in [0.15, 0.2) is 85.1 Å². The molecule has 0 aliphatic rings. The number of carbonyl (C=O) groups excluding carboxylic acids is 2. The van der Waals surface area contributed by atoms with Crippen molar-refractivity contribution in [3.05, 3.63) is 85.1 Å². The minimum Gasteiger partial charge on any atom is -0.477 e. The minimum atomic E-state index is -1.51. The van der Waals surface area contributed by atoms with E-state index in [1.165, 1.54) is 109 Å². The molecular weight excluding hydrogens is 863 g/mol. The van der Waals surface area contributed by atoms with Gasteiger partial charge in [-0.1, -0.05) is 221 Å². The molecule has 2 unspecified atom stereocenters. The molecule has 9 heteroatoms. The molecule has 0 aromatic rings. The highest BCUT2D eigenvalue weighted by atomic mass is 16.7. The van der Waals surface area contributed by atoms with Gasteiger partial charge in [-0.15, -0.1) is 0 Å². The van der Waals surface area contributed by atoms with Gasteiger partial charge in [0.15, 0.2) is 6.10 Å². The summed E-state index contributed by atoms with van der Waals surface area (Å²) < 4.78 is 22.8. The van der Waals surface area contributed by atoms with Crippen LogP contribution in [0.3, 0.4) is 0 Å². The molecule has 0 saturated heterocycles. The Morgan fingerprint density at radius 1 is 0.449 bits per heavy atom. The number of allylic oxidation sites excluding steroid dienone is 14. The Kier molecular flexibility index (Phi) is 48.2. The van der Waals surface area contributed by atoms with E-state index in [1.54, 1.807) is 0 Å². The van der Waals surface area contributed by atoms with E-state index in [4.69, 9.17) is 18.9 Å². The monoisotopic (exact) mass is 967 g/mol. The Balaban J connectivity index is 4.07. The number of aliphatic carboxylic acids is 1. The molecule has 2 atom stereocenters. The highest BCUT2D eigenvalue weighted by molar-refractivity contribution is 5.71. The predicted octanol–water partition coefficient (Wildman–Crippen LogP) is 16.0. The summed E-state index contributed by atoms with van der Waals surface area (Å²) in [6.45, 7) is 4.73. The largest absolute Gasteiger partial charge is 0.477 e. The third-order valence-electron chi connectivity index (χ3n) is 11.7. The van der Waals surface area contributed by atoms with Crippen molar-refractivity contribution in [1.29, 1.82) is 0 Å². The van der Waals surface area contributed by atoms with Gasteiger partial charge in [0, 0.05) is 12.8 Å². The van der Waals surface area contributed by atoms with Gasteiger partial charge in [0.05, 0.1) is 34.4 Å². The Hall–Kier alpha value is -3.53. The summed E-state index contributed by atoms with van der Waals surface area (Å²) in [5, 5.41) is 9.65. The number of likely N-dealkylation sites (N-methyl/N-ethyl adjacent to an activating group) is 1. The maximum atomic E-state index is 12.8. The average Bonchev–Trinajstić information content (AvgIpc) is 3.31. The number of carboxylic acids is 1. The molecule has 0 bridgehead atoms. The Morgan fingerprint density at radius 3 is 1.23 bits per heavy atom. The topological polar surface area (TPSA) is 108 Å². The molecule has 0 amide bonds. The molecule has 0 fully saturated rings. The fourth-order valence-electron chi connectivity index (χ4n) is 7.40. The molecule has 0 aliphatic carbocycles. The fraction of sp³-hybridized carbons (Fsp3) is 0.717. The smallest absolute Gasteiger partial charge is 0.361 e. The lowest BCUT2D eigenvalue weighted by molar-refractivity contribution is -0.870. The lowest BCUT2D eigenvalue weighted by atomic mass is 10.0. The van der Waals surface area contributed by atoms with E-state index in [0.29, 0.717) is 17.4 Å². The van der Waals surface area contributed by atoms with E-state index in [9.17, 15) is 19.5 Å². The van der Waals surface area contributed by atoms with Gasteiger partial charge in [0.25, 0.3) is 6.29 Å². The number of unbranched alkanes of at least 4 members (excludes halogenated alkanes) is 21. The third-order valence-corrected chi connectivity index (χ3v) is 11.7. The summed E-state index contributed by atoms with van der Waals surface area (Å²) in [4.78, 5) is 37.2. The maximum Gasteiger partial charge on any atom is 0.361 e. The van der Waals surface area contributed by atoms with E-state index in [-0.39, 0.29) is 32.2 Å². The van der Waals surface area contributed by atoms with Gasteiger partial charge in [-0.25, -0.2) is 4.79 Å². The van der Waals surface area contributed by atoms with Crippen molar-refractivity contribution < 1.29 is 42.9 Å². The van der Waals surface area contributed by atoms with Crippen LogP contribution >= 0.6 is 0 Å². The molecule has 0 heterocycles. The van der Waals surface area contributed by atoms with Crippen LogP contribution in [-0.4, -0.2) is 87.4 Å². The minimum absolute atomic E-state index is 0.183. The number of carboxylic acid groups (broad SMARTS) is 1. The third kappa shape index (κ3) is 52.1. The van der Waals surface area contributed by atoms with Crippen molar-refractivity contribution >= 4 is 17.9 Å². The summed E-state index contributed by atoms with van der Waals surface area (Å²) in [5.74, 6) is -2.01. The second kappa shape index (κ2) is 50.8. The normalized spacial score (nSPS) is 13.5. The van der Waals surface area contributed by atoms with Gasteiger partial charge in [0.2, 0.25) is 0 Å². The van der Waals surface area contributed by atoms with Crippen LogP contribution < -0.4 is 0 Å². The predicted molar refractivity (Wildman–Crippen MR) is 290 cm³/mol. The maximum absolute atomic E-state index is 12.8. The zero-order chi connectivity index (χ0) is 50.6. The Labute approximate surface area is 423 Å². The molecule has 1 N–H and O–H groups in total. The van der Waals surface area contributed by atoms with Gasteiger partial charge < -0.3 is 28.5 Å². The lowest BCUT2D eigenvalue weighted by Gasteiger charge is -2.25. The SMILES string of the molecule is CC/C=C\C/C=C\C/C=C\C/C=C\C/C=C\C/C=C\C/C=C\CCCCCCCCCCCCCCCC(=O)OC(COC(=O)CCCCCCCCCCC)COC(OCC[N+](C)(C)C)C(=O)O. The van der Waals surface area contributed by atoms with Crippen molar-refractivity contribution in [2.75, 3.05) is 47.5 Å². The number of hydrogen-bond acceptors (Lipinski definition) is 7. The van der Waals surface area contributed by atoms with Crippen LogP contribution in [0.4, 0.5) is 0 Å². The summed E-state index contributed by atoms with van der Waals surface area (Å²) >= 11 is 0. The number of carbonyl (C=O) groups is 3. The van der Waals surface area contributed by atoms with Gasteiger partial charge in [-0.05, 0) is 70.6 Å². The van der Waals surface area contributed by atoms with Crippen molar-refractivity contribution in [2.24, 2.45) is 0 Å². The first kappa shape index (κ1) is 65.5. The van der Waals surface area contributed by atoms with E-state index in [0.717, 1.165) is 83.5 Å².